The Kier molecular flexibility index (Phi) is 1.25. The molecular formula is C4H6N3. The summed E-state index contributed by atoms with van der Waals surface area (Å²) in [5.74, 6) is 0. The Morgan fingerprint density at radius 1 is 1.86 bits per heavy atom. The van der Waals surface area contributed by atoms with Crippen LogP contribution in [0.3, 0.4) is 0 Å². The van der Waals surface area contributed by atoms with Gasteiger partial charge >= 0.3 is 0 Å². The summed E-state index contributed by atoms with van der Waals surface area (Å²) in [5.41, 5.74) is 0. The molecule has 1 aliphatic rings. The van der Waals surface area contributed by atoms with E-state index < -0.39 is 0 Å². The third-order valence-corrected chi connectivity index (χ3v) is 0.848. The molecule has 0 aromatic heterocycles. The summed E-state index contributed by atoms with van der Waals surface area (Å²) in [6.07, 6.45) is 0. The lowest BCUT2D eigenvalue weighted by atomic mass is 10.4. The van der Waals surface area contributed by atoms with Gasteiger partial charge in [-0.15, -0.1) is 0 Å². The highest BCUT2D eigenvalue weighted by Gasteiger charge is 2.10. The van der Waals surface area contributed by atoms with Crippen LogP contribution in [0.1, 0.15) is 0 Å². The van der Waals surface area contributed by atoms with Gasteiger partial charge in [0, 0.05) is 6.67 Å². The summed E-state index contributed by atoms with van der Waals surface area (Å²) in [4.78, 5) is 0. The lowest BCUT2D eigenvalue weighted by Crippen LogP contribution is -2.19. The van der Waals surface area contributed by atoms with Crippen molar-refractivity contribution in [2.75, 3.05) is 6.67 Å². The second-order valence-corrected chi connectivity index (χ2v) is 1.36. The molecule has 3 heteroatoms. The zero-order valence-corrected chi connectivity index (χ0v) is 3.81. The summed E-state index contributed by atoms with van der Waals surface area (Å²) in [7, 11) is 0. The van der Waals surface area contributed by atoms with Crippen LogP contribution in [0.15, 0.2) is 0 Å². The molecule has 1 fully saturated rings. The number of hydrogen-bond donors (Lipinski definition) is 2. The zero-order chi connectivity index (χ0) is 5.11. The Balaban J connectivity index is 2.31. The van der Waals surface area contributed by atoms with Gasteiger partial charge in [0.2, 0.25) is 0 Å². The Morgan fingerprint density at radius 2 is 2.71 bits per heavy atom. The average molecular weight is 96.1 g/mol. The Bertz CT molecular complexity index is 87.6. The molecule has 1 saturated heterocycles. The van der Waals surface area contributed by atoms with Crippen molar-refractivity contribution < 1.29 is 0 Å². The van der Waals surface area contributed by atoms with Crippen molar-refractivity contribution in [3.63, 3.8) is 0 Å². The van der Waals surface area contributed by atoms with Crippen molar-refractivity contribution in [2.45, 2.75) is 6.04 Å². The molecule has 0 spiro atoms. The lowest BCUT2D eigenvalue weighted by Gasteiger charge is -1.89. The van der Waals surface area contributed by atoms with Crippen LogP contribution >= 0.6 is 0 Å². The van der Waals surface area contributed by atoms with E-state index in [9.17, 15) is 0 Å². The van der Waals surface area contributed by atoms with Gasteiger partial charge in [0.05, 0.1) is 12.6 Å². The predicted molar refractivity (Wildman–Crippen MR) is 24.8 cm³/mol. The van der Waals surface area contributed by atoms with E-state index in [0.29, 0.717) is 0 Å². The van der Waals surface area contributed by atoms with E-state index in [-0.39, 0.29) is 6.04 Å². The molecule has 0 saturated carbocycles. The molecule has 2 N–H and O–H groups in total. The summed E-state index contributed by atoms with van der Waals surface area (Å²) in [6, 6.07) is 1.95. The van der Waals surface area contributed by atoms with E-state index in [1.165, 1.54) is 0 Å². The lowest BCUT2D eigenvalue weighted by molar-refractivity contribution is 0.764. The third kappa shape index (κ3) is 0.889. The Hall–Kier alpha value is -0.590. The number of nitrogens with one attached hydrogen (secondary N) is 2. The van der Waals surface area contributed by atoms with E-state index in [1.54, 1.807) is 6.54 Å². The second kappa shape index (κ2) is 1.92. The van der Waals surface area contributed by atoms with Crippen molar-refractivity contribution in [3.8, 4) is 6.07 Å². The molecule has 0 bridgehead atoms. The van der Waals surface area contributed by atoms with Crippen molar-refractivity contribution in [3.05, 3.63) is 6.54 Å². The Morgan fingerprint density at radius 3 is 3.00 bits per heavy atom. The van der Waals surface area contributed by atoms with Gasteiger partial charge in [-0.25, -0.2) is 0 Å². The molecule has 1 aliphatic heterocycles. The molecule has 7 heavy (non-hydrogen) atoms. The fraction of sp³-hybridized carbons (Fsp3) is 0.500. The van der Waals surface area contributed by atoms with E-state index >= 15 is 0 Å². The number of nitrogens with zero attached hydrogens (tertiary/aromatic N) is 1. The van der Waals surface area contributed by atoms with Crippen molar-refractivity contribution in [1.82, 2.24) is 10.6 Å². The number of nitriles is 1. The summed E-state index contributed by atoms with van der Waals surface area (Å²) >= 11 is 0. The molecule has 3 nitrogen and oxygen atoms in total. The maximum Gasteiger partial charge on any atom is 0.113 e. The van der Waals surface area contributed by atoms with Crippen molar-refractivity contribution in [1.29, 1.82) is 5.26 Å². The molecule has 1 radical (unpaired) electrons. The minimum absolute atomic E-state index is 0.0833. The van der Waals surface area contributed by atoms with Gasteiger partial charge in [-0.3, -0.25) is 10.6 Å². The van der Waals surface area contributed by atoms with E-state index in [4.69, 9.17) is 5.26 Å². The first-order valence-corrected chi connectivity index (χ1v) is 2.13. The maximum atomic E-state index is 8.18. The van der Waals surface area contributed by atoms with E-state index in [2.05, 4.69) is 10.6 Å². The minimum Gasteiger partial charge on any atom is -0.297 e. The van der Waals surface area contributed by atoms with E-state index in [0.717, 1.165) is 6.67 Å². The van der Waals surface area contributed by atoms with Crippen LogP contribution in [0, 0.1) is 17.9 Å². The fourth-order valence-corrected chi connectivity index (χ4v) is 0.487. The van der Waals surface area contributed by atoms with Gasteiger partial charge in [-0.1, -0.05) is 0 Å². The third-order valence-electron chi connectivity index (χ3n) is 0.848. The highest BCUT2D eigenvalue weighted by atomic mass is 15.2. The van der Waals surface area contributed by atoms with Crippen LogP contribution in [0.25, 0.3) is 0 Å². The second-order valence-electron chi connectivity index (χ2n) is 1.36. The van der Waals surface area contributed by atoms with Gasteiger partial charge in [-0.05, 0) is 0 Å². The Labute approximate surface area is 42.3 Å². The van der Waals surface area contributed by atoms with Gasteiger partial charge in [0.15, 0.2) is 0 Å². The SMILES string of the molecule is N#CC1[CH]NCN1. The quantitative estimate of drug-likeness (QED) is 0.414. The smallest absolute Gasteiger partial charge is 0.113 e. The minimum atomic E-state index is -0.0833. The normalized spacial score (nSPS) is 29.9. The van der Waals surface area contributed by atoms with Crippen LogP contribution < -0.4 is 10.6 Å². The molecule has 0 aliphatic carbocycles. The molecule has 0 aromatic carbocycles. The molecule has 1 atom stereocenters. The monoisotopic (exact) mass is 96.1 g/mol. The first-order chi connectivity index (χ1) is 3.43. The van der Waals surface area contributed by atoms with Crippen LogP contribution in [0.4, 0.5) is 0 Å². The van der Waals surface area contributed by atoms with Crippen LogP contribution in [-0.4, -0.2) is 12.7 Å². The van der Waals surface area contributed by atoms with Gasteiger partial charge in [0.1, 0.15) is 6.04 Å². The standard InChI is InChI=1S/C4H6N3/c5-1-4-2-6-3-7-4/h2,4,6-7H,3H2. The number of hydrogen-bond acceptors (Lipinski definition) is 3. The van der Waals surface area contributed by atoms with Gasteiger partial charge in [-0.2, -0.15) is 5.26 Å². The largest absolute Gasteiger partial charge is 0.297 e. The zero-order valence-electron chi connectivity index (χ0n) is 3.81. The molecule has 0 aromatic rings. The topological polar surface area (TPSA) is 47.9 Å². The number of rotatable bonds is 0. The molecule has 1 heterocycles. The van der Waals surface area contributed by atoms with Gasteiger partial charge in [0.25, 0.3) is 0 Å². The molecule has 37 valence electrons. The fourth-order valence-electron chi connectivity index (χ4n) is 0.487. The maximum absolute atomic E-state index is 8.18. The molecule has 1 unspecified atom stereocenters. The van der Waals surface area contributed by atoms with Crippen molar-refractivity contribution in [2.24, 2.45) is 0 Å². The van der Waals surface area contributed by atoms with Crippen LogP contribution in [0.2, 0.25) is 0 Å². The molecule has 0 amide bonds. The van der Waals surface area contributed by atoms with Crippen LogP contribution in [-0.2, 0) is 0 Å². The molecule has 1 rings (SSSR count). The molecular weight excluding hydrogens is 90.1 g/mol. The van der Waals surface area contributed by atoms with Gasteiger partial charge < -0.3 is 0 Å². The summed E-state index contributed by atoms with van der Waals surface area (Å²) < 4.78 is 0. The highest BCUT2D eigenvalue weighted by molar-refractivity contribution is 5.02. The first kappa shape index (κ1) is 4.57. The van der Waals surface area contributed by atoms with Crippen molar-refractivity contribution >= 4 is 0 Å². The predicted octanol–water partition coefficient (Wildman–Crippen LogP) is -0.809. The summed E-state index contributed by atoms with van der Waals surface area (Å²) in [6.45, 7) is 2.46. The van der Waals surface area contributed by atoms with Crippen LogP contribution in [0.5, 0.6) is 0 Å². The highest BCUT2D eigenvalue weighted by Crippen LogP contribution is 1.87. The average Bonchev–Trinajstić information content (AvgIpc) is 2.14. The van der Waals surface area contributed by atoms with E-state index in [1.807, 2.05) is 6.07 Å². The summed E-state index contributed by atoms with van der Waals surface area (Å²) in [5, 5.41) is 13.9. The first-order valence-electron chi connectivity index (χ1n) is 2.13.